The molecule has 4 aliphatic carbocycles. The van der Waals surface area contributed by atoms with E-state index in [0.717, 1.165) is 6.42 Å². The summed E-state index contributed by atoms with van der Waals surface area (Å²) in [5.74, 6) is -1.87. The van der Waals surface area contributed by atoms with Crippen molar-refractivity contribution >= 4 is 17.6 Å². The second-order valence-electron chi connectivity index (χ2n) is 6.49. The van der Waals surface area contributed by atoms with Crippen molar-refractivity contribution in [2.45, 2.75) is 6.42 Å². The van der Waals surface area contributed by atoms with E-state index in [4.69, 9.17) is 0 Å². The Morgan fingerprint density at radius 3 is 2.23 bits per heavy atom. The van der Waals surface area contributed by atoms with Crippen molar-refractivity contribution in [1.82, 2.24) is 0 Å². The largest absolute Gasteiger partial charge is 0.481 e. The van der Waals surface area contributed by atoms with Gasteiger partial charge < -0.3 is 10.4 Å². The average Bonchev–Trinajstić information content (AvgIpc) is 3.30. The maximum Gasteiger partial charge on any atom is 0.307 e. The lowest BCUT2D eigenvalue weighted by Gasteiger charge is -2.41. The molecule has 0 unspecified atom stereocenters. The number of rotatable bonds is 3. The van der Waals surface area contributed by atoms with Crippen molar-refractivity contribution in [3.05, 3.63) is 42.2 Å². The van der Waals surface area contributed by atoms with Crippen LogP contribution < -0.4 is 5.32 Å². The number of amides is 1. The maximum absolute atomic E-state index is 12.9. The van der Waals surface area contributed by atoms with E-state index in [2.05, 4.69) is 5.32 Å². The van der Waals surface area contributed by atoms with Crippen molar-refractivity contribution in [3.8, 4) is 0 Å². The van der Waals surface area contributed by atoms with Gasteiger partial charge >= 0.3 is 5.97 Å². The monoisotopic (exact) mass is 301 g/mol. The van der Waals surface area contributed by atoms with Crippen LogP contribution in [0.1, 0.15) is 6.42 Å². The van der Waals surface area contributed by atoms with Crippen molar-refractivity contribution in [1.29, 1.82) is 0 Å². The molecule has 2 N–H and O–H groups in total. The Bertz CT molecular complexity index is 669. The summed E-state index contributed by atoms with van der Waals surface area (Å²) in [7, 11) is 0. The summed E-state index contributed by atoms with van der Waals surface area (Å²) in [6.07, 6.45) is 5.03. The number of benzene rings is 1. The molecule has 1 aromatic rings. The van der Waals surface area contributed by atoms with Crippen molar-refractivity contribution in [2.75, 3.05) is 5.32 Å². The highest BCUT2D eigenvalue weighted by molar-refractivity contribution is 5.96. The molecule has 2 fully saturated rings. The SMILES string of the molecule is O=C(O)[C@@H]1[C@H]2C=C[C@@H]([C@@H]3C[C@H]23)[C@H]1C(=O)Nc1ccc(F)cc1. The lowest BCUT2D eigenvalue weighted by Crippen LogP contribution is -2.48. The first-order chi connectivity index (χ1) is 10.6. The normalized spacial score (nSPS) is 37.5. The van der Waals surface area contributed by atoms with Crippen molar-refractivity contribution in [3.63, 3.8) is 0 Å². The predicted octanol–water partition coefficient (Wildman–Crippen LogP) is 2.53. The van der Waals surface area contributed by atoms with Crippen molar-refractivity contribution < 1.29 is 19.1 Å². The molecule has 4 nitrogen and oxygen atoms in total. The molecule has 0 aliphatic heterocycles. The number of hydrogen-bond donors (Lipinski definition) is 2. The van der Waals surface area contributed by atoms with E-state index in [-0.39, 0.29) is 23.6 Å². The molecule has 2 bridgehead atoms. The van der Waals surface area contributed by atoms with Crippen LogP contribution in [0.4, 0.5) is 10.1 Å². The van der Waals surface area contributed by atoms with Crippen LogP contribution in [0, 0.1) is 41.3 Å². The van der Waals surface area contributed by atoms with Crippen LogP contribution in [-0.4, -0.2) is 17.0 Å². The van der Waals surface area contributed by atoms with Gasteiger partial charge in [-0.25, -0.2) is 4.39 Å². The van der Waals surface area contributed by atoms with E-state index in [1.165, 1.54) is 24.3 Å². The zero-order valence-electron chi connectivity index (χ0n) is 11.8. The van der Waals surface area contributed by atoms with Gasteiger partial charge in [0.1, 0.15) is 5.82 Å². The number of allylic oxidation sites excluding steroid dienone is 2. The van der Waals surface area contributed by atoms with Gasteiger partial charge in [0.05, 0.1) is 11.8 Å². The van der Waals surface area contributed by atoms with Crippen LogP contribution in [0.3, 0.4) is 0 Å². The molecule has 4 aliphatic rings. The lowest BCUT2D eigenvalue weighted by molar-refractivity contribution is -0.152. The maximum atomic E-state index is 12.9. The zero-order valence-corrected chi connectivity index (χ0v) is 11.8. The number of halogens is 1. The van der Waals surface area contributed by atoms with Gasteiger partial charge in [0, 0.05) is 5.69 Å². The van der Waals surface area contributed by atoms with Gasteiger partial charge in [-0.15, -0.1) is 0 Å². The van der Waals surface area contributed by atoms with E-state index in [1.54, 1.807) is 0 Å². The molecular formula is C17H16FNO3. The third kappa shape index (κ3) is 1.95. The predicted molar refractivity (Wildman–Crippen MR) is 77.4 cm³/mol. The Kier molecular flexibility index (Phi) is 2.86. The highest BCUT2D eigenvalue weighted by Gasteiger charge is 2.62. The van der Waals surface area contributed by atoms with Crippen LogP contribution in [0.2, 0.25) is 0 Å². The Morgan fingerprint density at radius 1 is 1.05 bits per heavy atom. The van der Waals surface area contributed by atoms with Crippen LogP contribution in [-0.2, 0) is 9.59 Å². The molecule has 0 heterocycles. The number of carboxylic acid groups (broad SMARTS) is 1. The Balaban J connectivity index is 1.60. The van der Waals surface area contributed by atoms with E-state index in [1.807, 2.05) is 12.2 Å². The number of aliphatic carboxylic acids is 1. The van der Waals surface area contributed by atoms with E-state index >= 15 is 0 Å². The van der Waals surface area contributed by atoms with E-state index in [0.29, 0.717) is 17.5 Å². The molecule has 5 rings (SSSR count). The molecule has 1 aromatic carbocycles. The molecule has 5 heteroatoms. The van der Waals surface area contributed by atoms with Crippen LogP contribution in [0.25, 0.3) is 0 Å². The van der Waals surface area contributed by atoms with Gasteiger partial charge in [-0.1, -0.05) is 12.2 Å². The average molecular weight is 301 g/mol. The van der Waals surface area contributed by atoms with Gasteiger partial charge in [0.2, 0.25) is 5.91 Å². The smallest absolute Gasteiger partial charge is 0.307 e. The molecule has 22 heavy (non-hydrogen) atoms. The lowest BCUT2D eigenvalue weighted by atomic mass is 9.62. The summed E-state index contributed by atoms with van der Waals surface area (Å²) in [5.41, 5.74) is 0.494. The zero-order chi connectivity index (χ0) is 15.4. The first kappa shape index (κ1) is 13.5. The number of fused-ring (bicyclic) bond motifs is 1. The Labute approximate surface area is 127 Å². The second kappa shape index (κ2) is 4.66. The second-order valence-corrected chi connectivity index (χ2v) is 6.49. The Hall–Kier alpha value is -2.17. The number of carbonyl (C=O) groups is 2. The first-order valence-corrected chi connectivity index (χ1v) is 7.54. The molecule has 0 radical (unpaired) electrons. The molecule has 0 aromatic heterocycles. The van der Waals surface area contributed by atoms with Crippen LogP contribution >= 0.6 is 0 Å². The highest BCUT2D eigenvalue weighted by Crippen LogP contribution is 2.63. The number of carbonyl (C=O) groups excluding carboxylic acids is 1. The Morgan fingerprint density at radius 2 is 1.64 bits per heavy atom. The van der Waals surface area contributed by atoms with E-state index in [9.17, 15) is 19.1 Å². The number of carboxylic acids is 1. The molecule has 2 saturated carbocycles. The third-order valence-electron chi connectivity index (χ3n) is 5.35. The number of nitrogens with one attached hydrogen (secondary N) is 1. The minimum atomic E-state index is -0.899. The van der Waals surface area contributed by atoms with Gasteiger partial charge in [-0.05, 0) is 54.4 Å². The summed E-state index contributed by atoms with van der Waals surface area (Å²) < 4.78 is 12.9. The van der Waals surface area contributed by atoms with Gasteiger partial charge in [-0.3, -0.25) is 9.59 Å². The summed E-state index contributed by atoms with van der Waals surface area (Å²) in [6.45, 7) is 0. The number of hydrogen-bond acceptors (Lipinski definition) is 2. The molecule has 0 spiro atoms. The summed E-state index contributed by atoms with van der Waals surface area (Å²) in [4.78, 5) is 24.3. The quantitative estimate of drug-likeness (QED) is 0.843. The minimum absolute atomic E-state index is 0.0107. The highest BCUT2D eigenvalue weighted by atomic mass is 19.1. The fourth-order valence-electron chi connectivity index (χ4n) is 4.33. The minimum Gasteiger partial charge on any atom is -0.481 e. The number of anilines is 1. The van der Waals surface area contributed by atoms with E-state index < -0.39 is 17.8 Å². The van der Waals surface area contributed by atoms with Gasteiger partial charge in [0.15, 0.2) is 0 Å². The fraction of sp³-hybridized carbons (Fsp3) is 0.412. The van der Waals surface area contributed by atoms with Gasteiger partial charge in [0.25, 0.3) is 0 Å². The fourth-order valence-corrected chi connectivity index (χ4v) is 4.33. The van der Waals surface area contributed by atoms with Gasteiger partial charge in [-0.2, -0.15) is 0 Å². The summed E-state index contributed by atoms with van der Waals surface area (Å²) >= 11 is 0. The molecule has 6 atom stereocenters. The molecular weight excluding hydrogens is 285 g/mol. The van der Waals surface area contributed by atoms with Crippen molar-refractivity contribution in [2.24, 2.45) is 35.5 Å². The van der Waals surface area contributed by atoms with Crippen LogP contribution in [0.15, 0.2) is 36.4 Å². The first-order valence-electron chi connectivity index (χ1n) is 7.54. The standard InChI is InChI=1S/C17H16FNO3/c18-8-1-3-9(4-2-8)19-16(20)14-10-5-6-11(13-7-12(10)13)15(14)17(21)22/h1-6,10-15H,7H2,(H,19,20)(H,21,22)/t10-,11-,12-,13+,14+,15+/m0/s1. The van der Waals surface area contributed by atoms with Crippen LogP contribution in [0.5, 0.6) is 0 Å². The topological polar surface area (TPSA) is 66.4 Å². The molecule has 114 valence electrons. The molecule has 0 saturated heterocycles. The summed E-state index contributed by atoms with van der Waals surface area (Å²) in [5, 5.41) is 12.3. The molecule has 1 amide bonds. The third-order valence-corrected chi connectivity index (χ3v) is 5.35. The summed E-state index contributed by atoms with van der Waals surface area (Å²) in [6, 6.07) is 5.52.